The van der Waals surface area contributed by atoms with Crippen LogP contribution in [0.1, 0.15) is 0 Å². The molecule has 1 aliphatic heterocycles. The number of phenolic OH excluding ortho intramolecular Hbond substituents is 2. The van der Waals surface area contributed by atoms with Crippen molar-refractivity contribution in [1.29, 1.82) is 0 Å². The largest absolute Gasteiger partial charge is 0.508 e. The Morgan fingerprint density at radius 2 is 1.77 bits per heavy atom. The van der Waals surface area contributed by atoms with Crippen LogP contribution >= 0.6 is 0 Å². The normalized spacial score (nSPS) is 12.1. The number of benzene rings is 2. The zero-order valence-corrected chi connectivity index (χ0v) is 11.5. The Kier molecular flexibility index (Phi) is 3.23. The van der Waals surface area contributed by atoms with Crippen molar-refractivity contribution < 1.29 is 15.0 Å². The number of urea groups is 1. The van der Waals surface area contributed by atoms with Crippen LogP contribution in [0.15, 0.2) is 48.8 Å². The molecule has 0 unspecified atom stereocenters. The van der Waals surface area contributed by atoms with Gasteiger partial charge in [0, 0.05) is 11.8 Å². The van der Waals surface area contributed by atoms with E-state index < -0.39 is 6.03 Å². The summed E-state index contributed by atoms with van der Waals surface area (Å²) >= 11 is 0. The van der Waals surface area contributed by atoms with E-state index in [0.29, 0.717) is 11.5 Å². The molecule has 22 heavy (non-hydrogen) atoms. The molecule has 0 fully saturated rings. The minimum Gasteiger partial charge on any atom is -0.508 e. The highest BCUT2D eigenvalue weighted by Gasteiger charge is 2.13. The standard InChI is InChI=1S/C15H14N4O3/c1-8-16-11-4-2-9(6-12(11)17-8)18-15(22)19-13-7-10(20)3-5-14(13)21/h2-7,16-17,20-21H,1H2,(H2,18,19,22). The van der Waals surface area contributed by atoms with Crippen LogP contribution in [-0.2, 0) is 0 Å². The fourth-order valence-electron chi connectivity index (χ4n) is 2.10. The molecule has 7 nitrogen and oxygen atoms in total. The summed E-state index contributed by atoms with van der Waals surface area (Å²) in [7, 11) is 0. The minimum atomic E-state index is -0.536. The molecule has 2 aromatic rings. The van der Waals surface area contributed by atoms with Gasteiger partial charge >= 0.3 is 6.03 Å². The summed E-state index contributed by atoms with van der Waals surface area (Å²) < 4.78 is 0. The molecular formula is C15H14N4O3. The maximum atomic E-state index is 11.9. The third kappa shape index (κ3) is 2.73. The molecule has 0 saturated carbocycles. The molecule has 2 amide bonds. The molecule has 0 bridgehead atoms. The molecule has 0 spiro atoms. The molecule has 1 aliphatic rings. The van der Waals surface area contributed by atoms with E-state index in [9.17, 15) is 15.0 Å². The van der Waals surface area contributed by atoms with E-state index in [1.54, 1.807) is 12.1 Å². The van der Waals surface area contributed by atoms with Gasteiger partial charge in [0.2, 0.25) is 0 Å². The van der Waals surface area contributed by atoms with Crippen molar-refractivity contribution in [2.45, 2.75) is 0 Å². The van der Waals surface area contributed by atoms with Gasteiger partial charge in [-0.25, -0.2) is 4.79 Å². The average molecular weight is 298 g/mol. The van der Waals surface area contributed by atoms with Crippen molar-refractivity contribution in [3.8, 4) is 11.5 Å². The van der Waals surface area contributed by atoms with Gasteiger partial charge < -0.3 is 31.5 Å². The smallest absolute Gasteiger partial charge is 0.323 e. The summed E-state index contributed by atoms with van der Waals surface area (Å²) in [4.78, 5) is 11.9. The molecule has 1 heterocycles. The van der Waals surface area contributed by atoms with E-state index in [4.69, 9.17) is 0 Å². The van der Waals surface area contributed by atoms with Gasteiger partial charge in [-0.1, -0.05) is 6.58 Å². The number of rotatable bonds is 2. The molecular weight excluding hydrogens is 284 g/mol. The summed E-state index contributed by atoms with van der Waals surface area (Å²) in [5.41, 5.74) is 2.37. The van der Waals surface area contributed by atoms with Crippen molar-refractivity contribution in [3.05, 3.63) is 48.8 Å². The molecule has 0 atom stereocenters. The molecule has 2 aromatic carbocycles. The summed E-state index contributed by atoms with van der Waals surface area (Å²) in [5.74, 6) is 0.477. The van der Waals surface area contributed by atoms with E-state index in [1.165, 1.54) is 18.2 Å². The van der Waals surface area contributed by atoms with Gasteiger partial charge in [-0.3, -0.25) is 0 Å². The monoisotopic (exact) mass is 298 g/mol. The van der Waals surface area contributed by atoms with Crippen LogP contribution in [0.2, 0.25) is 0 Å². The first-order valence-corrected chi connectivity index (χ1v) is 6.48. The lowest BCUT2D eigenvalue weighted by atomic mass is 10.2. The van der Waals surface area contributed by atoms with Crippen LogP contribution in [-0.4, -0.2) is 16.2 Å². The fourth-order valence-corrected chi connectivity index (χ4v) is 2.10. The lowest BCUT2D eigenvalue weighted by Crippen LogP contribution is -2.19. The van der Waals surface area contributed by atoms with Gasteiger partial charge in [0.15, 0.2) is 0 Å². The Bertz CT molecular complexity index is 773. The number of hydrogen-bond donors (Lipinski definition) is 6. The van der Waals surface area contributed by atoms with Crippen molar-refractivity contribution in [3.63, 3.8) is 0 Å². The number of aromatic hydroxyl groups is 2. The van der Waals surface area contributed by atoms with Crippen LogP contribution < -0.4 is 21.3 Å². The maximum absolute atomic E-state index is 11.9. The number of phenols is 2. The van der Waals surface area contributed by atoms with Crippen LogP contribution in [0, 0.1) is 0 Å². The Morgan fingerprint density at radius 1 is 1.00 bits per heavy atom. The molecule has 3 rings (SSSR count). The van der Waals surface area contributed by atoms with Crippen LogP contribution in [0.25, 0.3) is 0 Å². The molecule has 0 saturated heterocycles. The Morgan fingerprint density at radius 3 is 2.59 bits per heavy atom. The Labute approximate surface area is 126 Å². The lowest BCUT2D eigenvalue weighted by molar-refractivity contribution is 0.262. The van der Waals surface area contributed by atoms with Crippen molar-refractivity contribution >= 4 is 28.8 Å². The number of carbonyl (C=O) groups is 1. The number of carbonyl (C=O) groups excluding carboxylic acids is 1. The topological polar surface area (TPSA) is 106 Å². The molecule has 0 radical (unpaired) electrons. The summed E-state index contributed by atoms with van der Waals surface area (Å²) in [5, 5.41) is 30.2. The summed E-state index contributed by atoms with van der Waals surface area (Å²) in [6.45, 7) is 3.76. The Hall–Kier alpha value is -3.35. The van der Waals surface area contributed by atoms with Gasteiger partial charge in [-0.15, -0.1) is 0 Å². The second-order valence-electron chi connectivity index (χ2n) is 4.77. The predicted octanol–water partition coefficient (Wildman–Crippen LogP) is 3.05. The van der Waals surface area contributed by atoms with Crippen LogP contribution in [0.3, 0.4) is 0 Å². The third-order valence-corrected chi connectivity index (χ3v) is 3.08. The second-order valence-corrected chi connectivity index (χ2v) is 4.77. The zero-order chi connectivity index (χ0) is 15.7. The molecule has 0 aliphatic carbocycles. The van der Waals surface area contributed by atoms with Gasteiger partial charge in [0.1, 0.15) is 17.3 Å². The van der Waals surface area contributed by atoms with Crippen LogP contribution in [0.5, 0.6) is 11.5 Å². The molecule has 6 N–H and O–H groups in total. The van der Waals surface area contributed by atoms with E-state index >= 15 is 0 Å². The molecule has 7 heteroatoms. The first kappa shape index (κ1) is 13.6. The Balaban J connectivity index is 1.71. The van der Waals surface area contributed by atoms with Gasteiger partial charge in [0.25, 0.3) is 0 Å². The van der Waals surface area contributed by atoms with Gasteiger partial charge in [0.05, 0.1) is 17.1 Å². The highest BCUT2D eigenvalue weighted by molar-refractivity contribution is 6.01. The molecule has 0 aromatic heterocycles. The highest BCUT2D eigenvalue weighted by atomic mass is 16.3. The van der Waals surface area contributed by atoms with Crippen molar-refractivity contribution in [1.82, 2.24) is 0 Å². The predicted molar refractivity (Wildman–Crippen MR) is 85.2 cm³/mol. The fraction of sp³-hybridized carbons (Fsp3) is 0. The second kappa shape index (κ2) is 5.21. The number of fused-ring (bicyclic) bond motifs is 1. The van der Waals surface area contributed by atoms with E-state index in [-0.39, 0.29) is 17.2 Å². The van der Waals surface area contributed by atoms with Gasteiger partial charge in [-0.2, -0.15) is 0 Å². The zero-order valence-electron chi connectivity index (χ0n) is 11.5. The van der Waals surface area contributed by atoms with E-state index in [0.717, 1.165) is 11.4 Å². The first-order chi connectivity index (χ1) is 10.5. The van der Waals surface area contributed by atoms with Crippen LogP contribution in [0.4, 0.5) is 27.5 Å². The first-order valence-electron chi connectivity index (χ1n) is 6.48. The number of amides is 2. The van der Waals surface area contributed by atoms with Crippen molar-refractivity contribution in [2.75, 3.05) is 21.3 Å². The highest BCUT2D eigenvalue weighted by Crippen LogP contribution is 2.32. The summed E-state index contributed by atoms with van der Waals surface area (Å²) in [6.07, 6.45) is 0. The SMILES string of the molecule is C=C1Nc2ccc(NC(=O)Nc3cc(O)ccc3O)cc2N1. The number of anilines is 4. The lowest BCUT2D eigenvalue weighted by Gasteiger charge is -2.10. The maximum Gasteiger partial charge on any atom is 0.323 e. The number of hydrogen-bond acceptors (Lipinski definition) is 5. The minimum absolute atomic E-state index is 0.0561. The third-order valence-electron chi connectivity index (χ3n) is 3.08. The van der Waals surface area contributed by atoms with E-state index in [1.807, 2.05) is 6.07 Å². The average Bonchev–Trinajstić information content (AvgIpc) is 2.82. The quantitative estimate of drug-likeness (QED) is 0.377. The molecule has 112 valence electrons. The summed E-state index contributed by atoms with van der Waals surface area (Å²) in [6, 6.07) is 8.63. The van der Waals surface area contributed by atoms with E-state index in [2.05, 4.69) is 27.8 Å². The van der Waals surface area contributed by atoms with Gasteiger partial charge in [-0.05, 0) is 30.3 Å². The number of nitrogens with one attached hydrogen (secondary N) is 4. The van der Waals surface area contributed by atoms with Crippen molar-refractivity contribution in [2.24, 2.45) is 0 Å².